The van der Waals surface area contributed by atoms with Gasteiger partial charge in [0.1, 0.15) is 11.0 Å². The number of benzene rings is 1. The first-order valence-electron chi connectivity index (χ1n) is 7.62. The number of rotatable bonds is 2. The van der Waals surface area contributed by atoms with Crippen molar-refractivity contribution in [2.75, 3.05) is 18.0 Å². The average molecular weight is 286 g/mol. The number of hydrogen-bond donors (Lipinski definition) is 1. The maximum absolute atomic E-state index is 13.9. The van der Waals surface area contributed by atoms with Crippen molar-refractivity contribution in [1.82, 2.24) is 9.97 Å². The van der Waals surface area contributed by atoms with Crippen LogP contribution in [0.5, 0.6) is 0 Å². The Bertz CT molecular complexity index is 670. The van der Waals surface area contributed by atoms with E-state index in [0.717, 1.165) is 31.1 Å². The van der Waals surface area contributed by atoms with Gasteiger partial charge in [-0.2, -0.15) is 0 Å². The summed E-state index contributed by atoms with van der Waals surface area (Å²) in [7, 11) is 0. The zero-order chi connectivity index (χ0) is 14.4. The van der Waals surface area contributed by atoms with Crippen LogP contribution in [0.25, 0.3) is 11.0 Å². The van der Waals surface area contributed by atoms with Crippen LogP contribution >= 0.6 is 0 Å². The highest BCUT2D eigenvalue weighted by atomic mass is 19.1. The van der Waals surface area contributed by atoms with E-state index in [1.165, 1.54) is 25.1 Å². The number of nitrogens with two attached hydrogens (primary N) is 1. The van der Waals surface area contributed by atoms with Gasteiger partial charge in [-0.3, -0.25) is 4.98 Å². The van der Waals surface area contributed by atoms with Crippen molar-refractivity contribution in [2.45, 2.75) is 25.3 Å². The molecule has 4 nitrogen and oxygen atoms in total. The molecule has 21 heavy (non-hydrogen) atoms. The molecule has 2 N–H and O–H groups in total. The van der Waals surface area contributed by atoms with E-state index in [1.54, 1.807) is 6.20 Å². The molecule has 110 valence electrons. The Labute approximate surface area is 123 Å². The van der Waals surface area contributed by atoms with Crippen molar-refractivity contribution in [3.8, 4) is 0 Å². The minimum absolute atomic E-state index is 0.182. The molecule has 2 aromatic rings. The molecule has 2 atom stereocenters. The second-order valence-electron chi connectivity index (χ2n) is 6.32. The number of hydrogen-bond acceptors (Lipinski definition) is 4. The van der Waals surface area contributed by atoms with Gasteiger partial charge >= 0.3 is 0 Å². The van der Waals surface area contributed by atoms with E-state index in [9.17, 15) is 4.39 Å². The minimum Gasteiger partial charge on any atom is -0.368 e. The quantitative estimate of drug-likeness (QED) is 0.920. The Morgan fingerprint density at radius 1 is 1.05 bits per heavy atom. The van der Waals surface area contributed by atoms with Crippen molar-refractivity contribution in [3.05, 3.63) is 30.3 Å². The molecule has 4 rings (SSSR count). The molecule has 5 heteroatoms. The standard InChI is InChI=1S/C16H19FN4/c17-13-3-4-14(16-15(13)19-5-6-20-16)21-8-11(10-1-2-10)7-12(18)9-21/h3-6,10-12H,1-2,7-9,18H2/t11-,12+/m1/s1. The Morgan fingerprint density at radius 3 is 2.57 bits per heavy atom. The number of halogens is 1. The van der Waals surface area contributed by atoms with Crippen molar-refractivity contribution < 1.29 is 4.39 Å². The van der Waals surface area contributed by atoms with Gasteiger partial charge < -0.3 is 10.6 Å². The van der Waals surface area contributed by atoms with Crippen LogP contribution in [0.1, 0.15) is 19.3 Å². The second-order valence-corrected chi connectivity index (χ2v) is 6.32. The number of piperidine rings is 1. The van der Waals surface area contributed by atoms with Gasteiger partial charge in [0.2, 0.25) is 0 Å². The first-order chi connectivity index (χ1) is 10.2. The van der Waals surface area contributed by atoms with Crippen LogP contribution in [0.2, 0.25) is 0 Å². The van der Waals surface area contributed by atoms with Gasteiger partial charge in [-0.05, 0) is 43.2 Å². The summed E-state index contributed by atoms with van der Waals surface area (Å²) in [5.41, 5.74) is 8.18. The third-order valence-electron chi connectivity index (χ3n) is 4.70. The Morgan fingerprint density at radius 2 is 1.81 bits per heavy atom. The summed E-state index contributed by atoms with van der Waals surface area (Å²) in [6.07, 6.45) is 6.91. The molecule has 0 bridgehead atoms. The Hall–Kier alpha value is -1.75. The van der Waals surface area contributed by atoms with E-state index in [-0.39, 0.29) is 11.9 Å². The lowest BCUT2D eigenvalue weighted by molar-refractivity contribution is 0.342. The monoisotopic (exact) mass is 286 g/mol. The highest BCUT2D eigenvalue weighted by Gasteiger charge is 2.37. The van der Waals surface area contributed by atoms with Crippen molar-refractivity contribution in [3.63, 3.8) is 0 Å². The zero-order valence-corrected chi connectivity index (χ0v) is 11.9. The topological polar surface area (TPSA) is 55.0 Å². The van der Waals surface area contributed by atoms with E-state index in [1.807, 2.05) is 6.07 Å². The lowest BCUT2D eigenvalue weighted by atomic mass is 9.90. The van der Waals surface area contributed by atoms with Crippen molar-refractivity contribution >= 4 is 16.7 Å². The average Bonchev–Trinajstić information content (AvgIpc) is 3.32. The number of anilines is 1. The molecular formula is C16H19FN4. The van der Waals surface area contributed by atoms with Crippen molar-refractivity contribution in [1.29, 1.82) is 0 Å². The predicted octanol–water partition coefficient (Wildman–Crippen LogP) is 2.33. The summed E-state index contributed by atoms with van der Waals surface area (Å²) in [6, 6.07) is 3.48. The van der Waals surface area contributed by atoms with Crippen LogP contribution in [0.15, 0.2) is 24.5 Å². The first-order valence-corrected chi connectivity index (χ1v) is 7.62. The van der Waals surface area contributed by atoms with Gasteiger partial charge in [0, 0.05) is 31.5 Å². The maximum atomic E-state index is 13.9. The first kappa shape index (κ1) is 13.0. The number of nitrogens with zero attached hydrogens (tertiary/aromatic N) is 3. The van der Waals surface area contributed by atoms with E-state index in [2.05, 4.69) is 14.9 Å². The lowest BCUT2D eigenvalue weighted by Gasteiger charge is -2.38. The summed E-state index contributed by atoms with van der Waals surface area (Å²) in [5, 5.41) is 0. The Balaban J connectivity index is 1.73. The largest absolute Gasteiger partial charge is 0.368 e. The van der Waals surface area contributed by atoms with Crippen LogP contribution in [0, 0.1) is 17.7 Å². The summed E-state index contributed by atoms with van der Waals surface area (Å²) in [5.74, 6) is 1.17. The van der Waals surface area contributed by atoms with Gasteiger partial charge in [-0.15, -0.1) is 0 Å². The fourth-order valence-electron chi connectivity index (χ4n) is 3.55. The summed E-state index contributed by atoms with van der Waals surface area (Å²) < 4.78 is 13.9. The lowest BCUT2D eigenvalue weighted by Crippen LogP contribution is -2.47. The van der Waals surface area contributed by atoms with Gasteiger partial charge in [0.05, 0.1) is 5.69 Å². The molecule has 0 radical (unpaired) electrons. The molecule has 2 aliphatic rings. The maximum Gasteiger partial charge on any atom is 0.151 e. The Kier molecular flexibility index (Phi) is 3.03. The third-order valence-corrected chi connectivity index (χ3v) is 4.70. The van der Waals surface area contributed by atoms with Gasteiger partial charge in [0.15, 0.2) is 5.82 Å². The molecule has 1 saturated carbocycles. The van der Waals surface area contributed by atoms with Crippen LogP contribution in [-0.2, 0) is 0 Å². The second kappa shape index (κ2) is 4.91. The van der Waals surface area contributed by atoms with Crippen LogP contribution < -0.4 is 10.6 Å². The fourth-order valence-corrected chi connectivity index (χ4v) is 3.55. The highest BCUT2D eigenvalue weighted by Crippen LogP contribution is 2.42. The highest BCUT2D eigenvalue weighted by molar-refractivity contribution is 5.88. The number of aromatic nitrogens is 2. The predicted molar refractivity (Wildman–Crippen MR) is 80.5 cm³/mol. The summed E-state index contributed by atoms with van der Waals surface area (Å²) >= 11 is 0. The third kappa shape index (κ3) is 2.35. The molecule has 1 aliphatic carbocycles. The smallest absolute Gasteiger partial charge is 0.151 e. The minimum atomic E-state index is -0.318. The van der Waals surface area contributed by atoms with E-state index < -0.39 is 0 Å². The molecule has 1 aliphatic heterocycles. The normalized spacial score (nSPS) is 26.3. The van der Waals surface area contributed by atoms with Gasteiger partial charge in [-0.25, -0.2) is 9.37 Å². The molecule has 2 fully saturated rings. The molecule has 1 saturated heterocycles. The van der Waals surface area contributed by atoms with Crippen molar-refractivity contribution in [2.24, 2.45) is 17.6 Å². The zero-order valence-electron chi connectivity index (χ0n) is 11.9. The number of fused-ring (bicyclic) bond motifs is 1. The van der Waals surface area contributed by atoms with Gasteiger partial charge in [0.25, 0.3) is 0 Å². The molecule has 0 spiro atoms. The van der Waals surface area contributed by atoms with E-state index in [0.29, 0.717) is 17.0 Å². The SMILES string of the molecule is N[C@H]1C[C@@H](C2CC2)CN(c2ccc(F)c3nccnc23)C1. The summed E-state index contributed by atoms with van der Waals surface area (Å²) in [6.45, 7) is 1.80. The molecule has 2 heterocycles. The van der Waals surface area contributed by atoms with Crippen LogP contribution in [0.3, 0.4) is 0 Å². The summed E-state index contributed by atoms with van der Waals surface area (Å²) in [4.78, 5) is 10.7. The molecule has 0 unspecified atom stereocenters. The van der Waals surface area contributed by atoms with E-state index in [4.69, 9.17) is 5.73 Å². The van der Waals surface area contributed by atoms with Crippen LogP contribution in [0.4, 0.5) is 10.1 Å². The molecule has 1 aromatic carbocycles. The van der Waals surface area contributed by atoms with E-state index >= 15 is 0 Å². The molecular weight excluding hydrogens is 267 g/mol. The molecule has 0 amide bonds. The van der Waals surface area contributed by atoms with Crippen LogP contribution in [-0.4, -0.2) is 29.1 Å². The fraction of sp³-hybridized carbons (Fsp3) is 0.500. The van der Waals surface area contributed by atoms with Gasteiger partial charge in [-0.1, -0.05) is 0 Å². The molecule has 1 aromatic heterocycles.